The molecule has 0 aromatic heterocycles. The zero-order chi connectivity index (χ0) is 34.1. The van der Waals surface area contributed by atoms with Crippen LogP contribution in [0.2, 0.25) is 0 Å². The van der Waals surface area contributed by atoms with Crippen LogP contribution in [0.4, 0.5) is 0 Å². The summed E-state index contributed by atoms with van der Waals surface area (Å²) in [6.45, 7) is 3.77. The second-order valence-electron chi connectivity index (χ2n) is 12.0. The number of carbonyl (C=O) groups excluding carboxylic acids is 1. The third-order valence-corrected chi connectivity index (χ3v) is 8.43. The Kier molecular flexibility index (Phi) is 30.9. The molecule has 270 valence electrons. The van der Waals surface area contributed by atoms with Crippen molar-refractivity contribution in [2.75, 3.05) is 26.4 Å². The molecule has 0 aliphatic rings. The molecule has 0 rings (SSSR count). The van der Waals surface area contributed by atoms with Crippen LogP contribution in [-0.4, -0.2) is 60.5 Å². The van der Waals surface area contributed by atoms with Crippen LogP contribution < -0.4 is 5.73 Å². The first kappa shape index (κ1) is 44.5. The quantitative estimate of drug-likeness (QED) is 0.0261. The number of carboxylic acids is 1. The van der Waals surface area contributed by atoms with Crippen molar-refractivity contribution in [3.8, 4) is 0 Å². The fourth-order valence-corrected chi connectivity index (χ4v) is 5.41. The number of carbonyl (C=O) groups is 2. The first-order valence-corrected chi connectivity index (χ1v) is 19.4. The van der Waals surface area contributed by atoms with Crippen molar-refractivity contribution >= 4 is 19.8 Å². The van der Waals surface area contributed by atoms with E-state index >= 15 is 0 Å². The number of allylic oxidation sites excluding steroid dienone is 4. The minimum absolute atomic E-state index is 0.0117. The summed E-state index contributed by atoms with van der Waals surface area (Å²) in [5.74, 6) is -1.79. The van der Waals surface area contributed by atoms with E-state index in [1.807, 2.05) is 0 Å². The number of hydrogen-bond donors (Lipinski definition) is 3. The molecule has 0 aliphatic carbocycles. The highest BCUT2D eigenvalue weighted by atomic mass is 31.2. The second-order valence-corrected chi connectivity index (χ2v) is 13.5. The average Bonchev–Trinajstić information content (AvgIpc) is 3.03. The van der Waals surface area contributed by atoms with E-state index in [1.165, 1.54) is 70.6 Å². The van der Waals surface area contributed by atoms with Gasteiger partial charge in [-0.1, -0.05) is 122 Å². The summed E-state index contributed by atoms with van der Waals surface area (Å²) in [4.78, 5) is 33.1. The standard InChI is InChI=1S/C35H66NO9P/c1-3-5-7-9-11-12-13-14-15-16-17-18-19-20-22-24-26-28-42-29-32(30-43-46(40,41)44-31-33(36)35(38)39)45-34(37)27-25-23-21-10-8-6-4-2/h12-13,15-16,32-33H,3-11,14,17-31,36H2,1-2H3,(H,38,39)(H,40,41)/b13-12-,16-15-. The van der Waals surface area contributed by atoms with Gasteiger partial charge in [0.1, 0.15) is 12.1 Å². The van der Waals surface area contributed by atoms with Gasteiger partial charge in [-0.15, -0.1) is 0 Å². The normalized spacial score (nSPS) is 14.5. The third-order valence-electron chi connectivity index (χ3n) is 7.48. The van der Waals surface area contributed by atoms with Gasteiger partial charge < -0.3 is 25.2 Å². The summed E-state index contributed by atoms with van der Waals surface area (Å²) < 4.78 is 33.0. The van der Waals surface area contributed by atoms with Gasteiger partial charge in [0.2, 0.25) is 0 Å². The maximum Gasteiger partial charge on any atom is 0.472 e. The molecule has 46 heavy (non-hydrogen) atoms. The van der Waals surface area contributed by atoms with Gasteiger partial charge in [0.25, 0.3) is 0 Å². The van der Waals surface area contributed by atoms with Gasteiger partial charge in [0.15, 0.2) is 0 Å². The van der Waals surface area contributed by atoms with Crippen LogP contribution in [0.1, 0.15) is 149 Å². The maximum absolute atomic E-state index is 12.4. The molecular weight excluding hydrogens is 609 g/mol. The molecule has 0 spiro atoms. The molecule has 0 bridgehead atoms. The summed E-state index contributed by atoms with van der Waals surface area (Å²) in [6.07, 6.45) is 31.1. The lowest BCUT2D eigenvalue weighted by Crippen LogP contribution is -2.34. The predicted molar refractivity (Wildman–Crippen MR) is 185 cm³/mol. The Balaban J connectivity index is 4.24. The molecule has 0 radical (unpaired) electrons. The van der Waals surface area contributed by atoms with Gasteiger partial charge in [-0.2, -0.15) is 0 Å². The average molecular weight is 676 g/mol. The van der Waals surface area contributed by atoms with Gasteiger partial charge in [-0.3, -0.25) is 18.6 Å². The summed E-state index contributed by atoms with van der Waals surface area (Å²) in [5.41, 5.74) is 5.31. The molecule has 0 saturated heterocycles. The van der Waals surface area contributed by atoms with Gasteiger partial charge in [-0.05, 0) is 44.9 Å². The topological polar surface area (TPSA) is 155 Å². The van der Waals surface area contributed by atoms with E-state index in [0.717, 1.165) is 51.4 Å². The van der Waals surface area contributed by atoms with Crippen molar-refractivity contribution in [1.82, 2.24) is 0 Å². The Bertz CT molecular complexity index is 837. The molecule has 4 N–H and O–H groups in total. The van der Waals surface area contributed by atoms with Crippen molar-refractivity contribution in [3.05, 3.63) is 24.3 Å². The molecule has 0 saturated carbocycles. The molecule has 0 aliphatic heterocycles. The Hall–Kier alpha value is -1.55. The highest BCUT2D eigenvalue weighted by Crippen LogP contribution is 2.43. The van der Waals surface area contributed by atoms with Crippen molar-refractivity contribution in [3.63, 3.8) is 0 Å². The number of phosphoric ester groups is 1. The zero-order valence-electron chi connectivity index (χ0n) is 28.9. The summed E-state index contributed by atoms with van der Waals surface area (Å²) in [5, 5.41) is 8.83. The molecule has 0 aromatic rings. The smallest absolute Gasteiger partial charge is 0.472 e. The molecule has 0 aromatic carbocycles. The van der Waals surface area contributed by atoms with Crippen LogP contribution in [0.5, 0.6) is 0 Å². The number of rotatable bonds is 34. The van der Waals surface area contributed by atoms with Crippen molar-refractivity contribution in [1.29, 1.82) is 0 Å². The molecule has 3 atom stereocenters. The van der Waals surface area contributed by atoms with Crippen LogP contribution in [-0.2, 0) is 32.7 Å². The third kappa shape index (κ3) is 31.1. The van der Waals surface area contributed by atoms with Crippen molar-refractivity contribution < 1.29 is 42.7 Å². The van der Waals surface area contributed by atoms with E-state index in [4.69, 9.17) is 24.8 Å². The van der Waals surface area contributed by atoms with Crippen molar-refractivity contribution in [2.45, 2.75) is 161 Å². The Morgan fingerprint density at radius 2 is 1.20 bits per heavy atom. The highest BCUT2D eigenvalue weighted by Gasteiger charge is 2.27. The van der Waals surface area contributed by atoms with Gasteiger partial charge in [0, 0.05) is 13.0 Å². The number of aliphatic carboxylic acids is 1. The van der Waals surface area contributed by atoms with Crippen LogP contribution in [0.25, 0.3) is 0 Å². The molecule has 0 amide bonds. The van der Waals surface area contributed by atoms with E-state index in [2.05, 4.69) is 42.7 Å². The van der Waals surface area contributed by atoms with E-state index in [0.29, 0.717) is 13.0 Å². The van der Waals surface area contributed by atoms with E-state index in [1.54, 1.807) is 0 Å². The zero-order valence-corrected chi connectivity index (χ0v) is 29.8. The SMILES string of the molecule is CCCCCC/C=C\C/C=C\CCCCCCCCOCC(COP(=O)(O)OCC(N)C(=O)O)OC(=O)CCCCCCCCC. The Morgan fingerprint density at radius 1 is 0.696 bits per heavy atom. The number of ether oxygens (including phenoxy) is 2. The van der Waals surface area contributed by atoms with Crippen molar-refractivity contribution in [2.24, 2.45) is 5.73 Å². The number of phosphoric acid groups is 1. The Labute approximate surface area is 279 Å². The minimum atomic E-state index is -4.60. The van der Waals surface area contributed by atoms with E-state index in [-0.39, 0.29) is 13.0 Å². The number of nitrogens with two attached hydrogens (primary N) is 1. The number of esters is 1. The Morgan fingerprint density at radius 3 is 1.78 bits per heavy atom. The fourth-order valence-electron chi connectivity index (χ4n) is 4.63. The molecule has 11 heteroatoms. The van der Waals surface area contributed by atoms with Crippen LogP contribution in [0, 0.1) is 0 Å². The van der Waals surface area contributed by atoms with Crippen LogP contribution in [0.15, 0.2) is 24.3 Å². The number of unbranched alkanes of at least 4 members (excludes halogenated alkanes) is 16. The van der Waals surface area contributed by atoms with Crippen LogP contribution in [0.3, 0.4) is 0 Å². The molecule has 10 nitrogen and oxygen atoms in total. The molecule has 3 unspecified atom stereocenters. The monoisotopic (exact) mass is 675 g/mol. The molecular formula is C35H66NO9P. The predicted octanol–water partition coefficient (Wildman–Crippen LogP) is 8.80. The van der Waals surface area contributed by atoms with Gasteiger partial charge in [0.05, 0.1) is 19.8 Å². The summed E-state index contributed by atoms with van der Waals surface area (Å²) in [6, 6.07) is -1.47. The summed E-state index contributed by atoms with van der Waals surface area (Å²) in [7, 11) is -4.60. The fraction of sp³-hybridized carbons (Fsp3) is 0.829. The lowest BCUT2D eigenvalue weighted by Gasteiger charge is -2.20. The number of carboxylic acid groups (broad SMARTS) is 1. The van der Waals surface area contributed by atoms with Gasteiger partial charge >= 0.3 is 19.8 Å². The number of hydrogen-bond acceptors (Lipinski definition) is 8. The first-order chi connectivity index (χ1) is 22.2. The highest BCUT2D eigenvalue weighted by molar-refractivity contribution is 7.47. The molecule has 0 fully saturated rings. The largest absolute Gasteiger partial charge is 0.480 e. The molecule has 0 heterocycles. The van der Waals surface area contributed by atoms with Crippen LogP contribution >= 0.6 is 7.82 Å². The lowest BCUT2D eigenvalue weighted by atomic mass is 10.1. The van der Waals surface area contributed by atoms with E-state index < -0.39 is 45.1 Å². The summed E-state index contributed by atoms with van der Waals surface area (Å²) >= 11 is 0. The second kappa shape index (κ2) is 32.0. The lowest BCUT2D eigenvalue weighted by molar-refractivity contribution is -0.154. The first-order valence-electron chi connectivity index (χ1n) is 17.9. The minimum Gasteiger partial charge on any atom is -0.480 e. The maximum atomic E-state index is 12.4. The van der Waals surface area contributed by atoms with Gasteiger partial charge in [-0.25, -0.2) is 4.57 Å². The van der Waals surface area contributed by atoms with E-state index in [9.17, 15) is 19.0 Å².